The molecule has 16 heteroatoms. The maximum Gasteiger partial charge on any atom is 0.290 e. The molecule has 46 heavy (non-hydrogen) atoms. The molecule has 0 saturated carbocycles. The third-order valence-electron chi connectivity index (χ3n) is 6.57. The van der Waals surface area contributed by atoms with E-state index < -0.39 is 36.3 Å². The number of nitrogens with zero attached hydrogens (tertiary/aromatic N) is 4. The predicted octanol–water partition coefficient (Wildman–Crippen LogP) is 2.14. The summed E-state index contributed by atoms with van der Waals surface area (Å²) in [5, 5.41) is 33.4. The van der Waals surface area contributed by atoms with Crippen LogP contribution in [0.5, 0.6) is 5.75 Å². The van der Waals surface area contributed by atoms with Gasteiger partial charge in [0.1, 0.15) is 12.1 Å². The Labute approximate surface area is 261 Å². The average molecular weight is 639 g/mol. The molecule has 0 aliphatic rings. The number of nitriles is 1. The summed E-state index contributed by atoms with van der Waals surface area (Å²) in [6, 6.07) is 8.40. The first-order chi connectivity index (χ1) is 22.1. The van der Waals surface area contributed by atoms with Gasteiger partial charge in [0.2, 0.25) is 11.7 Å². The van der Waals surface area contributed by atoms with Crippen LogP contribution >= 0.6 is 0 Å². The molecule has 0 bridgehead atoms. The molecule has 2 aromatic heterocycles. The molecule has 0 saturated heterocycles. The summed E-state index contributed by atoms with van der Waals surface area (Å²) in [6.45, 7) is 2.95. The number of nitrogens with one attached hydrogen (secondary N) is 3. The Morgan fingerprint density at radius 1 is 1.17 bits per heavy atom. The lowest BCUT2D eigenvalue weighted by Crippen LogP contribution is -2.48. The fourth-order valence-electron chi connectivity index (χ4n) is 4.27. The van der Waals surface area contributed by atoms with Gasteiger partial charge in [0, 0.05) is 42.3 Å². The van der Waals surface area contributed by atoms with Crippen LogP contribution in [0.2, 0.25) is 0 Å². The number of carbonyl (C=O) groups excluding carboxylic acids is 2. The Hall–Kier alpha value is -5.66. The lowest BCUT2D eigenvalue weighted by Gasteiger charge is -2.15. The number of hydrogen-bond donors (Lipinski definition) is 6. The number of rotatable bonds is 12. The number of amides is 2. The van der Waals surface area contributed by atoms with Crippen LogP contribution in [0, 0.1) is 23.0 Å². The molecule has 1 unspecified atom stereocenters. The van der Waals surface area contributed by atoms with Crippen LogP contribution in [0.4, 0.5) is 20.3 Å². The molecule has 0 aliphatic carbocycles. The Morgan fingerprint density at radius 2 is 1.89 bits per heavy atom. The topological polar surface area (TPSA) is 217 Å². The number of halogens is 2. The van der Waals surface area contributed by atoms with Gasteiger partial charge in [0.25, 0.3) is 12.4 Å². The van der Waals surface area contributed by atoms with Gasteiger partial charge >= 0.3 is 0 Å². The highest BCUT2D eigenvalue weighted by atomic mass is 19.2. The summed E-state index contributed by atoms with van der Waals surface area (Å²) in [4.78, 5) is 41.7. The molecule has 2 heterocycles. The summed E-state index contributed by atoms with van der Waals surface area (Å²) in [5.74, 6) is -3.22. The van der Waals surface area contributed by atoms with Crippen molar-refractivity contribution in [3.05, 3.63) is 71.7 Å². The number of fused-ring (bicyclic) bond motifs is 1. The zero-order chi connectivity index (χ0) is 33.8. The molecular weight excluding hydrogens is 606 g/mol. The minimum absolute atomic E-state index is 0.0551. The van der Waals surface area contributed by atoms with Crippen LogP contribution in [0.15, 0.2) is 48.9 Å². The van der Waals surface area contributed by atoms with Gasteiger partial charge in [-0.15, -0.1) is 0 Å². The molecule has 14 nitrogen and oxygen atoms in total. The highest BCUT2D eigenvalue weighted by Gasteiger charge is 2.20. The normalized spacial score (nSPS) is 11.8. The first-order valence-corrected chi connectivity index (χ1v) is 13.8. The molecule has 7 N–H and O–H groups in total. The van der Waals surface area contributed by atoms with Crippen molar-refractivity contribution in [2.24, 2.45) is 5.73 Å². The van der Waals surface area contributed by atoms with E-state index in [9.17, 15) is 23.5 Å². The highest BCUT2D eigenvalue weighted by molar-refractivity contribution is 5.96. The molecule has 0 fully saturated rings. The van der Waals surface area contributed by atoms with Crippen molar-refractivity contribution in [1.29, 1.82) is 5.26 Å². The number of carbonyl (C=O) groups is 3. The molecular formula is C30H32F2N8O6. The predicted molar refractivity (Wildman–Crippen MR) is 162 cm³/mol. The number of carboxylic acid groups (broad SMARTS) is 1. The number of ether oxygens (including phenoxy) is 1. The van der Waals surface area contributed by atoms with Crippen molar-refractivity contribution >= 4 is 35.4 Å². The van der Waals surface area contributed by atoms with E-state index in [1.165, 1.54) is 31.5 Å². The second-order valence-corrected chi connectivity index (χ2v) is 9.57. The minimum atomic E-state index is -1.21. The second-order valence-electron chi connectivity index (χ2n) is 9.57. The molecule has 4 rings (SSSR count). The molecule has 0 radical (unpaired) electrons. The summed E-state index contributed by atoms with van der Waals surface area (Å²) in [7, 11) is 0. The van der Waals surface area contributed by atoms with Crippen molar-refractivity contribution in [3.8, 4) is 23.1 Å². The first kappa shape index (κ1) is 34.8. The number of aliphatic hydroxyl groups excluding tert-OH is 1. The fraction of sp³-hybridized carbons (Fsp3) is 0.267. The molecule has 4 aromatic rings. The third-order valence-corrected chi connectivity index (χ3v) is 6.57. The third kappa shape index (κ3) is 8.28. The Kier molecular flexibility index (Phi) is 12.4. The molecule has 2 aromatic carbocycles. The SMILES string of the molecule is CCc1cc(Nc2nccn3c(-c4ccc(OCC#N)c(F)c4F)cnc23)ccc1C(=O)NCCNC(=O)C(N)[C@@H](C)O.O=CO. The van der Waals surface area contributed by atoms with E-state index >= 15 is 0 Å². The van der Waals surface area contributed by atoms with Gasteiger partial charge in [-0.1, -0.05) is 6.92 Å². The van der Waals surface area contributed by atoms with Crippen LogP contribution in [0.1, 0.15) is 29.8 Å². The summed E-state index contributed by atoms with van der Waals surface area (Å²) < 4.78 is 36.0. The van der Waals surface area contributed by atoms with Crippen molar-refractivity contribution in [1.82, 2.24) is 25.0 Å². The van der Waals surface area contributed by atoms with Gasteiger partial charge in [0.15, 0.2) is 29.6 Å². The van der Waals surface area contributed by atoms with Crippen LogP contribution in [0.3, 0.4) is 0 Å². The Morgan fingerprint density at radius 3 is 2.57 bits per heavy atom. The van der Waals surface area contributed by atoms with Crippen molar-refractivity contribution in [2.45, 2.75) is 32.4 Å². The number of anilines is 2. The number of hydrogen-bond acceptors (Lipinski definition) is 10. The van der Waals surface area contributed by atoms with Crippen LogP contribution < -0.4 is 26.4 Å². The van der Waals surface area contributed by atoms with Crippen molar-refractivity contribution in [2.75, 3.05) is 25.0 Å². The van der Waals surface area contributed by atoms with Gasteiger partial charge in [-0.25, -0.2) is 14.4 Å². The average Bonchev–Trinajstić information content (AvgIpc) is 3.48. The van der Waals surface area contributed by atoms with Gasteiger partial charge in [-0.2, -0.15) is 9.65 Å². The monoisotopic (exact) mass is 638 g/mol. The van der Waals surface area contributed by atoms with E-state index in [-0.39, 0.29) is 42.5 Å². The first-order valence-electron chi connectivity index (χ1n) is 13.8. The van der Waals surface area contributed by atoms with Crippen LogP contribution in [0.25, 0.3) is 16.9 Å². The number of aliphatic hydroxyl groups is 1. The maximum atomic E-state index is 14.9. The van der Waals surface area contributed by atoms with Gasteiger partial charge in [-0.05, 0) is 49.2 Å². The van der Waals surface area contributed by atoms with E-state index in [1.807, 2.05) is 6.92 Å². The minimum Gasteiger partial charge on any atom is -0.483 e. The van der Waals surface area contributed by atoms with E-state index in [0.29, 0.717) is 29.1 Å². The second kappa shape index (κ2) is 16.4. The number of imidazole rings is 1. The number of benzene rings is 2. The molecule has 242 valence electrons. The molecule has 0 aliphatic heterocycles. The highest BCUT2D eigenvalue weighted by Crippen LogP contribution is 2.32. The molecule has 2 amide bonds. The van der Waals surface area contributed by atoms with Crippen molar-refractivity contribution in [3.63, 3.8) is 0 Å². The quantitative estimate of drug-likeness (QED) is 0.0976. The van der Waals surface area contributed by atoms with Gasteiger partial charge in [-0.3, -0.25) is 18.8 Å². The van der Waals surface area contributed by atoms with Gasteiger partial charge in [0.05, 0.1) is 18.0 Å². The fourth-order valence-corrected chi connectivity index (χ4v) is 4.27. The summed E-state index contributed by atoms with van der Waals surface area (Å²) in [5.41, 5.74) is 7.96. The van der Waals surface area contributed by atoms with Crippen molar-refractivity contribution < 1.29 is 38.1 Å². The standard InChI is InChI=1S/C29H30F2N8O4.CH2O2/c1-3-17-14-18(4-5-19(17)28(41)35-9-10-36-29(42)25(33)16(2)40)38-26-27-37-15-21(39(27)12-11-34-26)20-6-7-22(43-13-8-32)24(31)23(20)30;2-1-3/h4-7,11-12,14-16,25,40H,3,9-10,13,33H2,1-2H3,(H,34,38)(H,35,41)(H,36,42);1H,(H,2,3)/t16-,25?;/m1./s1. The summed E-state index contributed by atoms with van der Waals surface area (Å²) in [6.07, 6.45) is 3.98. The van der Waals surface area contributed by atoms with Gasteiger partial charge < -0.3 is 36.6 Å². The smallest absolute Gasteiger partial charge is 0.290 e. The maximum absolute atomic E-state index is 14.9. The van der Waals surface area contributed by atoms with Crippen LogP contribution in [-0.2, 0) is 16.0 Å². The zero-order valence-electron chi connectivity index (χ0n) is 24.8. The van der Waals surface area contributed by atoms with Crippen LogP contribution in [-0.4, -0.2) is 74.7 Å². The van der Waals surface area contributed by atoms with E-state index in [0.717, 1.165) is 5.56 Å². The summed E-state index contributed by atoms with van der Waals surface area (Å²) >= 11 is 0. The Balaban J connectivity index is 0.00000185. The molecule has 2 atom stereocenters. The number of nitrogens with two attached hydrogens (primary N) is 1. The number of aromatic nitrogens is 3. The van der Waals surface area contributed by atoms with E-state index in [4.69, 9.17) is 25.6 Å². The zero-order valence-corrected chi connectivity index (χ0v) is 24.8. The lowest BCUT2D eigenvalue weighted by molar-refractivity contribution is -0.124. The van der Waals surface area contributed by atoms with E-state index in [2.05, 4.69) is 25.9 Å². The lowest BCUT2D eigenvalue weighted by atomic mass is 10.0. The number of aryl methyl sites for hydroxylation is 1. The molecule has 0 spiro atoms. The largest absolute Gasteiger partial charge is 0.483 e. The van der Waals surface area contributed by atoms with E-state index in [1.54, 1.807) is 34.9 Å². The Bertz CT molecular complexity index is 1740.